The van der Waals surface area contributed by atoms with Crippen LogP contribution < -0.4 is 5.32 Å². The minimum absolute atomic E-state index is 0.0371. The number of esters is 1. The zero-order chi connectivity index (χ0) is 21.6. The van der Waals surface area contributed by atoms with Crippen molar-refractivity contribution < 1.29 is 14.3 Å². The summed E-state index contributed by atoms with van der Waals surface area (Å²) in [7, 11) is 0. The van der Waals surface area contributed by atoms with Crippen molar-refractivity contribution in [2.24, 2.45) is 0 Å². The Morgan fingerprint density at radius 2 is 1.53 bits per heavy atom. The van der Waals surface area contributed by atoms with E-state index in [0.29, 0.717) is 23.6 Å². The largest absolute Gasteiger partial charge is 0.462 e. The van der Waals surface area contributed by atoms with E-state index in [1.54, 1.807) is 6.92 Å². The molecule has 164 valence electrons. The fraction of sp³-hybridized carbons (Fsp3) is 0.520. The summed E-state index contributed by atoms with van der Waals surface area (Å²) in [6.45, 7) is 4.32. The number of rotatable bonds is 14. The molecule has 0 unspecified atom stereocenters. The van der Waals surface area contributed by atoms with Gasteiger partial charge in [-0.2, -0.15) is 0 Å². The minimum atomic E-state index is -0.393. The van der Waals surface area contributed by atoms with Gasteiger partial charge in [0.1, 0.15) is 10.6 Å². The van der Waals surface area contributed by atoms with Crippen LogP contribution in [0.3, 0.4) is 0 Å². The molecule has 5 heteroatoms. The number of carbonyl (C=O) groups is 2. The summed E-state index contributed by atoms with van der Waals surface area (Å²) in [6.07, 6.45) is 11.5. The van der Waals surface area contributed by atoms with Crippen molar-refractivity contribution in [1.82, 2.24) is 0 Å². The molecule has 1 aromatic heterocycles. The van der Waals surface area contributed by atoms with Gasteiger partial charge < -0.3 is 10.1 Å². The van der Waals surface area contributed by atoms with Crippen LogP contribution in [0, 0.1) is 0 Å². The summed E-state index contributed by atoms with van der Waals surface area (Å²) >= 11 is 1.38. The molecule has 4 nitrogen and oxygen atoms in total. The third kappa shape index (κ3) is 7.94. The number of benzene rings is 1. The van der Waals surface area contributed by atoms with E-state index in [0.717, 1.165) is 24.0 Å². The molecule has 2 rings (SSSR count). The maximum Gasteiger partial charge on any atom is 0.341 e. The first-order valence-corrected chi connectivity index (χ1v) is 12.2. The van der Waals surface area contributed by atoms with E-state index in [1.807, 2.05) is 35.7 Å². The first-order chi connectivity index (χ1) is 14.7. The van der Waals surface area contributed by atoms with Crippen molar-refractivity contribution in [3.63, 3.8) is 0 Å². The van der Waals surface area contributed by atoms with Gasteiger partial charge in [-0.25, -0.2) is 4.79 Å². The van der Waals surface area contributed by atoms with Gasteiger partial charge in [0.15, 0.2) is 0 Å². The van der Waals surface area contributed by atoms with Gasteiger partial charge in [-0.1, -0.05) is 88.6 Å². The number of hydrogen-bond acceptors (Lipinski definition) is 4. The van der Waals surface area contributed by atoms with Crippen LogP contribution in [0.15, 0.2) is 35.7 Å². The van der Waals surface area contributed by atoms with Crippen molar-refractivity contribution in [3.05, 3.63) is 41.3 Å². The van der Waals surface area contributed by atoms with Crippen molar-refractivity contribution in [2.75, 3.05) is 11.9 Å². The number of amides is 1. The second-order valence-corrected chi connectivity index (χ2v) is 8.45. The number of carbonyl (C=O) groups excluding carboxylic acids is 2. The number of thiophene rings is 1. The van der Waals surface area contributed by atoms with E-state index in [1.165, 1.54) is 56.3 Å². The molecule has 1 aromatic carbocycles. The van der Waals surface area contributed by atoms with E-state index in [4.69, 9.17) is 4.74 Å². The molecular formula is C25H35NO3S. The van der Waals surface area contributed by atoms with Gasteiger partial charge in [0.25, 0.3) is 0 Å². The van der Waals surface area contributed by atoms with E-state index in [-0.39, 0.29) is 5.91 Å². The molecule has 0 saturated carbocycles. The zero-order valence-corrected chi connectivity index (χ0v) is 19.2. The predicted molar refractivity (Wildman–Crippen MR) is 126 cm³/mol. The molecule has 1 amide bonds. The smallest absolute Gasteiger partial charge is 0.341 e. The van der Waals surface area contributed by atoms with Crippen molar-refractivity contribution in [1.29, 1.82) is 0 Å². The van der Waals surface area contributed by atoms with Crippen LogP contribution in [-0.4, -0.2) is 18.5 Å². The molecule has 0 aliphatic rings. The number of ether oxygens (including phenoxy) is 1. The van der Waals surface area contributed by atoms with Crippen LogP contribution >= 0.6 is 11.3 Å². The Hall–Kier alpha value is -2.14. The Bertz CT molecular complexity index is 770. The number of nitrogens with one attached hydrogen (secondary N) is 1. The van der Waals surface area contributed by atoms with E-state index < -0.39 is 5.97 Å². The maximum atomic E-state index is 12.6. The summed E-state index contributed by atoms with van der Waals surface area (Å²) in [5.41, 5.74) is 2.20. The van der Waals surface area contributed by atoms with Crippen LogP contribution in [0.4, 0.5) is 5.00 Å². The van der Waals surface area contributed by atoms with Crippen LogP contribution in [-0.2, 0) is 9.53 Å². The van der Waals surface area contributed by atoms with E-state index >= 15 is 0 Å². The fourth-order valence-corrected chi connectivity index (χ4v) is 4.44. The van der Waals surface area contributed by atoms with Gasteiger partial charge >= 0.3 is 5.97 Å². The van der Waals surface area contributed by atoms with Gasteiger partial charge in [-0.05, 0) is 18.9 Å². The first kappa shape index (κ1) is 24.1. The summed E-state index contributed by atoms with van der Waals surface area (Å²) in [4.78, 5) is 25.0. The van der Waals surface area contributed by atoms with Crippen LogP contribution in [0.2, 0.25) is 0 Å². The van der Waals surface area contributed by atoms with Gasteiger partial charge in [0.05, 0.1) is 6.61 Å². The molecule has 1 heterocycles. The maximum absolute atomic E-state index is 12.6. The lowest BCUT2D eigenvalue weighted by Gasteiger charge is -2.09. The van der Waals surface area contributed by atoms with Gasteiger partial charge in [0.2, 0.25) is 5.91 Å². The first-order valence-electron chi connectivity index (χ1n) is 11.3. The van der Waals surface area contributed by atoms with Crippen LogP contribution in [0.25, 0.3) is 11.1 Å². The summed E-state index contributed by atoms with van der Waals surface area (Å²) in [5, 5.41) is 5.43. The number of anilines is 1. The highest BCUT2D eigenvalue weighted by Gasteiger charge is 2.22. The molecule has 0 atom stereocenters. The molecule has 0 spiro atoms. The van der Waals surface area contributed by atoms with Crippen molar-refractivity contribution in [3.8, 4) is 11.1 Å². The highest BCUT2D eigenvalue weighted by atomic mass is 32.1. The van der Waals surface area contributed by atoms with Crippen LogP contribution in [0.5, 0.6) is 0 Å². The molecule has 1 N–H and O–H groups in total. The molecule has 2 aromatic rings. The summed E-state index contributed by atoms with van der Waals surface area (Å²) in [5.74, 6) is -0.430. The molecule has 0 aliphatic carbocycles. The van der Waals surface area contributed by atoms with Crippen LogP contribution in [0.1, 0.15) is 88.4 Å². The Labute approximate surface area is 185 Å². The van der Waals surface area contributed by atoms with Gasteiger partial charge in [-0.3, -0.25) is 4.79 Å². The van der Waals surface area contributed by atoms with Gasteiger partial charge in [0, 0.05) is 17.4 Å². The molecule has 30 heavy (non-hydrogen) atoms. The topological polar surface area (TPSA) is 55.4 Å². The molecule has 0 aliphatic heterocycles. The average Bonchev–Trinajstić information content (AvgIpc) is 3.17. The summed E-state index contributed by atoms with van der Waals surface area (Å²) in [6, 6.07) is 9.72. The monoisotopic (exact) mass is 429 g/mol. The molecular weight excluding hydrogens is 394 g/mol. The van der Waals surface area contributed by atoms with E-state index in [2.05, 4.69) is 12.2 Å². The lowest BCUT2D eigenvalue weighted by atomic mass is 10.0. The van der Waals surface area contributed by atoms with Crippen molar-refractivity contribution in [2.45, 2.75) is 78.1 Å². The molecule has 0 bridgehead atoms. The van der Waals surface area contributed by atoms with Crippen molar-refractivity contribution >= 4 is 28.2 Å². The molecule has 0 radical (unpaired) electrons. The Morgan fingerprint density at radius 3 is 2.17 bits per heavy atom. The Balaban J connectivity index is 1.86. The quantitative estimate of drug-likeness (QED) is 0.250. The lowest BCUT2D eigenvalue weighted by Crippen LogP contribution is -2.14. The number of unbranched alkanes of at least 4 members (excludes halogenated alkanes) is 8. The third-order valence-corrected chi connectivity index (χ3v) is 6.01. The zero-order valence-electron chi connectivity index (χ0n) is 18.4. The predicted octanol–water partition coefficient (Wildman–Crippen LogP) is 7.45. The van der Waals surface area contributed by atoms with E-state index in [9.17, 15) is 9.59 Å². The second-order valence-electron chi connectivity index (χ2n) is 7.57. The third-order valence-electron chi connectivity index (χ3n) is 5.12. The number of hydrogen-bond donors (Lipinski definition) is 1. The fourth-order valence-electron chi connectivity index (χ4n) is 3.47. The SMILES string of the molecule is CCCCCCCCCCCC(=O)Nc1scc(-c2ccccc2)c1C(=O)OCC. The second kappa shape index (κ2) is 14.0. The standard InChI is InChI=1S/C25H35NO3S/c1-3-5-6-7-8-9-10-11-15-18-22(27)26-24-23(25(28)29-4-2)21(19-30-24)20-16-13-12-14-17-20/h12-14,16-17,19H,3-11,15,18H2,1-2H3,(H,26,27). The Morgan fingerprint density at radius 1 is 0.900 bits per heavy atom. The normalized spacial score (nSPS) is 10.7. The minimum Gasteiger partial charge on any atom is -0.462 e. The molecule has 0 fully saturated rings. The Kier molecular flexibility index (Phi) is 11.2. The van der Waals surface area contributed by atoms with Gasteiger partial charge in [-0.15, -0.1) is 11.3 Å². The lowest BCUT2D eigenvalue weighted by molar-refractivity contribution is -0.116. The highest BCUT2D eigenvalue weighted by molar-refractivity contribution is 7.15. The summed E-state index contributed by atoms with van der Waals surface area (Å²) < 4.78 is 5.25. The average molecular weight is 430 g/mol. The highest BCUT2D eigenvalue weighted by Crippen LogP contribution is 2.36. The molecule has 0 saturated heterocycles.